The van der Waals surface area contributed by atoms with Crippen molar-refractivity contribution in [1.29, 1.82) is 0 Å². The number of ether oxygens (including phenoxy) is 1. The van der Waals surface area contributed by atoms with E-state index in [2.05, 4.69) is 29.0 Å². The van der Waals surface area contributed by atoms with Gasteiger partial charge < -0.3 is 15.0 Å². The molecule has 2 aliphatic rings. The smallest absolute Gasteiger partial charge is 0.238 e. The van der Waals surface area contributed by atoms with Gasteiger partial charge in [0.2, 0.25) is 10.0 Å². The molecule has 3 N–H and O–H groups in total. The molecule has 0 bridgehead atoms. The standard InChI is InChI=1S/C26H30N6O3S2/c1-26(2)8-7-18-19(13-26)20-21-22(36-25(20)31-24(18)32-9-11-35-12-10-32)23(30-15-29-21)28-14-16-3-5-17(6-4-16)37(27,33)34/h3-6,15H,7-14H2,1-2H3,(H2,27,33,34)(H,28,29,30). The number of nitrogens with one attached hydrogen (secondary N) is 1. The number of pyridine rings is 1. The molecule has 0 radical (unpaired) electrons. The maximum atomic E-state index is 11.6. The molecule has 194 valence electrons. The van der Waals surface area contributed by atoms with Crippen molar-refractivity contribution < 1.29 is 13.2 Å². The lowest BCUT2D eigenvalue weighted by Gasteiger charge is -2.36. The molecule has 6 rings (SSSR count). The van der Waals surface area contributed by atoms with Gasteiger partial charge in [-0.2, -0.15) is 0 Å². The van der Waals surface area contributed by atoms with Gasteiger partial charge in [-0.1, -0.05) is 26.0 Å². The maximum absolute atomic E-state index is 11.6. The molecule has 4 heterocycles. The number of fused-ring (bicyclic) bond motifs is 5. The van der Waals surface area contributed by atoms with Crippen molar-refractivity contribution in [3.63, 3.8) is 0 Å². The summed E-state index contributed by atoms with van der Waals surface area (Å²) in [7, 11) is -3.71. The van der Waals surface area contributed by atoms with E-state index >= 15 is 0 Å². The van der Waals surface area contributed by atoms with E-state index in [0.717, 1.165) is 83.2 Å². The van der Waals surface area contributed by atoms with E-state index in [1.807, 2.05) is 0 Å². The van der Waals surface area contributed by atoms with Crippen LogP contribution >= 0.6 is 11.3 Å². The number of aromatic nitrogens is 3. The summed E-state index contributed by atoms with van der Waals surface area (Å²) in [6.45, 7) is 8.34. The van der Waals surface area contributed by atoms with Crippen LogP contribution in [0, 0.1) is 5.41 Å². The number of sulfonamides is 1. The van der Waals surface area contributed by atoms with Gasteiger partial charge in [0.15, 0.2) is 0 Å². The third-order valence-electron chi connectivity index (χ3n) is 7.33. The molecule has 0 unspecified atom stereocenters. The summed E-state index contributed by atoms with van der Waals surface area (Å²) in [6.07, 6.45) is 4.75. The number of benzene rings is 1. The molecule has 1 aliphatic heterocycles. The fourth-order valence-electron chi connectivity index (χ4n) is 5.33. The van der Waals surface area contributed by atoms with Crippen molar-refractivity contribution in [2.24, 2.45) is 10.6 Å². The second-order valence-corrected chi connectivity index (χ2v) is 13.1. The lowest BCUT2D eigenvalue weighted by atomic mass is 9.73. The molecule has 4 aromatic rings. The molecule has 1 fully saturated rings. The molecule has 3 aromatic heterocycles. The number of rotatable bonds is 5. The minimum atomic E-state index is -3.71. The highest BCUT2D eigenvalue weighted by molar-refractivity contribution is 7.89. The lowest BCUT2D eigenvalue weighted by molar-refractivity contribution is 0.122. The summed E-state index contributed by atoms with van der Waals surface area (Å²) < 4.78 is 29.7. The Morgan fingerprint density at radius 1 is 1.14 bits per heavy atom. The number of hydrogen-bond donors (Lipinski definition) is 2. The number of morpholine rings is 1. The van der Waals surface area contributed by atoms with Gasteiger partial charge >= 0.3 is 0 Å². The molecule has 9 nitrogen and oxygen atoms in total. The summed E-state index contributed by atoms with van der Waals surface area (Å²) in [5.74, 6) is 1.85. The summed E-state index contributed by atoms with van der Waals surface area (Å²) in [4.78, 5) is 18.0. The molecule has 1 aromatic carbocycles. The fourth-order valence-corrected chi connectivity index (χ4v) is 6.97. The average molecular weight is 539 g/mol. The number of anilines is 2. The van der Waals surface area contributed by atoms with Crippen molar-refractivity contribution in [2.45, 2.75) is 44.6 Å². The molecule has 37 heavy (non-hydrogen) atoms. The number of nitrogens with two attached hydrogens (primary N) is 1. The van der Waals surface area contributed by atoms with Gasteiger partial charge in [0, 0.05) is 25.0 Å². The highest BCUT2D eigenvalue weighted by Crippen LogP contribution is 2.46. The predicted molar refractivity (Wildman–Crippen MR) is 147 cm³/mol. The number of thiophene rings is 1. The van der Waals surface area contributed by atoms with Crippen LogP contribution in [0.4, 0.5) is 11.6 Å². The van der Waals surface area contributed by atoms with E-state index in [1.54, 1.807) is 29.8 Å². The Kier molecular flexibility index (Phi) is 6.06. The topological polar surface area (TPSA) is 123 Å². The van der Waals surface area contributed by atoms with E-state index in [0.29, 0.717) is 6.54 Å². The monoisotopic (exact) mass is 538 g/mol. The van der Waals surface area contributed by atoms with Gasteiger partial charge in [0.1, 0.15) is 22.8 Å². The third-order valence-corrected chi connectivity index (χ3v) is 9.34. The number of primary sulfonamides is 1. The lowest BCUT2D eigenvalue weighted by Crippen LogP contribution is -2.38. The van der Waals surface area contributed by atoms with Crippen LogP contribution in [0.5, 0.6) is 0 Å². The Labute approximate surface area is 220 Å². The first-order valence-electron chi connectivity index (χ1n) is 12.5. The quantitative estimate of drug-likeness (QED) is 0.393. The van der Waals surface area contributed by atoms with Gasteiger partial charge in [-0.25, -0.2) is 28.5 Å². The molecule has 11 heteroatoms. The molecule has 0 amide bonds. The van der Waals surface area contributed by atoms with Crippen LogP contribution < -0.4 is 15.4 Å². The van der Waals surface area contributed by atoms with Gasteiger partial charge in [-0.05, 0) is 53.5 Å². The first-order chi connectivity index (χ1) is 17.7. The van der Waals surface area contributed by atoms with Crippen LogP contribution in [0.2, 0.25) is 0 Å². The van der Waals surface area contributed by atoms with Crippen molar-refractivity contribution >= 4 is 53.4 Å². The zero-order valence-corrected chi connectivity index (χ0v) is 22.6. The highest BCUT2D eigenvalue weighted by atomic mass is 32.2. The third kappa shape index (κ3) is 4.65. The molecule has 0 atom stereocenters. The van der Waals surface area contributed by atoms with Crippen LogP contribution in [-0.2, 0) is 34.1 Å². The Hall–Kier alpha value is -2.86. The van der Waals surface area contributed by atoms with Gasteiger partial charge in [-0.15, -0.1) is 11.3 Å². The number of nitrogens with zero attached hydrogens (tertiary/aromatic N) is 4. The van der Waals surface area contributed by atoms with Crippen LogP contribution in [0.25, 0.3) is 20.4 Å². The van der Waals surface area contributed by atoms with E-state index in [-0.39, 0.29) is 10.3 Å². The summed E-state index contributed by atoms with van der Waals surface area (Å²) >= 11 is 1.63. The highest BCUT2D eigenvalue weighted by Gasteiger charge is 2.32. The molecular formula is C26H30N6O3S2. The minimum absolute atomic E-state index is 0.0972. The van der Waals surface area contributed by atoms with Crippen molar-refractivity contribution in [1.82, 2.24) is 15.0 Å². The average Bonchev–Trinajstić information content (AvgIpc) is 3.26. The van der Waals surface area contributed by atoms with E-state index in [1.165, 1.54) is 23.3 Å². The van der Waals surface area contributed by atoms with Gasteiger partial charge in [-0.3, -0.25) is 0 Å². The van der Waals surface area contributed by atoms with Crippen molar-refractivity contribution in [2.75, 3.05) is 36.5 Å². The van der Waals surface area contributed by atoms with Crippen LogP contribution in [-0.4, -0.2) is 49.7 Å². The molecular weight excluding hydrogens is 508 g/mol. The van der Waals surface area contributed by atoms with Crippen molar-refractivity contribution in [3.05, 3.63) is 47.3 Å². The summed E-state index contributed by atoms with van der Waals surface area (Å²) in [5, 5.41) is 9.80. The minimum Gasteiger partial charge on any atom is -0.378 e. The number of hydrogen-bond acceptors (Lipinski definition) is 9. The SMILES string of the molecule is CC1(C)CCc2c(N3CCOCC3)nc3sc4c(NCc5ccc(S(N)(=O)=O)cc5)ncnc4c3c2C1. The molecule has 0 saturated carbocycles. The molecule has 1 saturated heterocycles. The Balaban J connectivity index is 1.41. The normalized spacial score (nSPS) is 17.8. The van der Waals surface area contributed by atoms with Crippen molar-refractivity contribution in [3.8, 4) is 0 Å². The summed E-state index contributed by atoms with van der Waals surface area (Å²) in [5.41, 5.74) is 4.81. The summed E-state index contributed by atoms with van der Waals surface area (Å²) in [6, 6.07) is 6.55. The van der Waals surface area contributed by atoms with Gasteiger partial charge in [0.25, 0.3) is 0 Å². The van der Waals surface area contributed by atoms with Crippen LogP contribution in [0.1, 0.15) is 37.0 Å². The van der Waals surface area contributed by atoms with Gasteiger partial charge in [0.05, 0.1) is 28.3 Å². The first kappa shape index (κ1) is 24.5. The van der Waals surface area contributed by atoms with E-state index in [9.17, 15) is 8.42 Å². The maximum Gasteiger partial charge on any atom is 0.238 e. The second kappa shape index (κ2) is 9.16. The molecule has 0 spiro atoms. The Morgan fingerprint density at radius 3 is 2.62 bits per heavy atom. The largest absolute Gasteiger partial charge is 0.378 e. The zero-order valence-electron chi connectivity index (χ0n) is 21.0. The van der Waals surface area contributed by atoms with Crippen LogP contribution in [0.15, 0.2) is 35.5 Å². The Morgan fingerprint density at radius 2 is 1.89 bits per heavy atom. The first-order valence-corrected chi connectivity index (χ1v) is 14.8. The Bertz CT molecular complexity index is 1590. The molecule has 1 aliphatic carbocycles. The zero-order chi connectivity index (χ0) is 25.8. The van der Waals surface area contributed by atoms with Crippen LogP contribution in [0.3, 0.4) is 0 Å². The van der Waals surface area contributed by atoms with E-state index < -0.39 is 10.0 Å². The fraction of sp³-hybridized carbons (Fsp3) is 0.423. The predicted octanol–water partition coefficient (Wildman–Crippen LogP) is 3.85. The second-order valence-electron chi connectivity index (χ2n) is 10.6. The van der Waals surface area contributed by atoms with E-state index in [4.69, 9.17) is 19.8 Å².